The van der Waals surface area contributed by atoms with Gasteiger partial charge >= 0.3 is 0 Å². The number of rotatable bonds is 11. The summed E-state index contributed by atoms with van der Waals surface area (Å²) >= 11 is 5.31. The normalized spacial score (nSPS) is 10.4. The molecule has 0 unspecified atom stereocenters. The number of benzene rings is 2. The first-order valence-electron chi connectivity index (χ1n) is 11.3. The van der Waals surface area contributed by atoms with Crippen molar-refractivity contribution in [3.63, 3.8) is 0 Å². The van der Waals surface area contributed by atoms with Crippen LogP contribution < -0.4 is 20.7 Å². The van der Waals surface area contributed by atoms with Gasteiger partial charge < -0.3 is 19.8 Å². The van der Waals surface area contributed by atoms with Crippen LogP contribution in [0.25, 0.3) is 0 Å². The molecule has 0 bridgehead atoms. The Labute approximate surface area is 204 Å². The Balaban J connectivity index is 1.54. The lowest BCUT2D eigenvalue weighted by Crippen LogP contribution is -2.34. The SMILES string of the molecule is CCCCCCOc1ccccc1C(=O)NC(=S)Nc1cccc(C(=O)NCc2ccco2)c1. The zero-order chi connectivity index (χ0) is 24.2. The number of hydrogen-bond donors (Lipinski definition) is 3. The van der Waals surface area contributed by atoms with Crippen LogP contribution in [0.5, 0.6) is 5.75 Å². The summed E-state index contributed by atoms with van der Waals surface area (Å²) in [6.07, 6.45) is 5.91. The lowest BCUT2D eigenvalue weighted by Gasteiger charge is -2.13. The van der Waals surface area contributed by atoms with E-state index in [1.165, 1.54) is 0 Å². The van der Waals surface area contributed by atoms with Crippen LogP contribution >= 0.6 is 12.2 Å². The number of furan rings is 1. The maximum atomic E-state index is 12.8. The predicted molar refractivity (Wildman–Crippen MR) is 136 cm³/mol. The van der Waals surface area contributed by atoms with E-state index < -0.39 is 0 Å². The highest BCUT2D eigenvalue weighted by atomic mass is 32.1. The summed E-state index contributed by atoms with van der Waals surface area (Å²) < 4.78 is 11.0. The fourth-order valence-electron chi connectivity index (χ4n) is 3.24. The first-order chi connectivity index (χ1) is 16.6. The molecule has 8 heteroatoms. The largest absolute Gasteiger partial charge is 0.493 e. The molecular weight excluding hydrogens is 450 g/mol. The third kappa shape index (κ3) is 7.74. The molecule has 0 radical (unpaired) electrons. The quantitative estimate of drug-likeness (QED) is 0.255. The Morgan fingerprint density at radius 2 is 1.82 bits per heavy atom. The number of thiocarbonyl (C=S) groups is 1. The van der Waals surface area contributed by atoms with Gasteiger partial charge in [-0.1, -0.05) is 44.4 Å². The van der Waals surface area contributed by atoms with Crippen molar-refractivity contribution in [1.29, 1.82) is 0 Å². The molecule has 0 atom stereocenters. The van der Waals surface area contributed by atoms with Crippen molar-refractivity contribution in [3.8, 4) is 5.75 Å². The second kappa shape index (κ2) is 13.2. The van der Waals surface area contributed by atoms with Gasteiger partial charge in [-0.25, -0.2) is 0 Å². The molecule has 0 saturated carbocycles. The topological polar surface area (TPSA) is 92.6 Å². The number of carbonyl (C=O) groups is 2. The van der Waals surface area contributed by atoms with Crippen LogP contribution in [0.15, 0.2) is 71.3 Å². The lowest BCUT2D eigenvalue weighted by atomic mass is 10.2. The summed E-state index contributed by atoms with van der Waals surface area (Å²) in [5.74, 6) is 0.570. The minimum atomic E-state index is -0.367. The Morgan fingerprint density at radius 3 is 2.62 bits per heavy atom. The van der Waals surface area contributed by atoms with Crippen LogP contribution in [-0.2, 0) is 6.54 Å². The van der Waals surface area contributed by atoms with Gasteiger partial charge in [-0.3, -0.25) is 14.9 Å². The minimum Gasteiger partial charge on any atom is -0.493 e. The Morgan fingerprint density at radius 1 is 0.971 bits per heavy atom. The van der Waals surface area contributed by atoms with Crippen LogP contribution in [0.1, 0.15) is 59.1 Å². The first kappa shape index (κ1) is 25.0. The standard InChI is InChI=1S/C26H29N3O4S/c1-2-3-4-7-15-33-23-14-6-5-13-22(23)25(31)29-26(34)28-20-11-8-10-19(17-20)24(30)27-18-21-12-9-16-32-21/h5-6,8-14,16-17H,2-4,7,15,18H2,1H3,(H,27,30)(H2,28,29,31,34). The summed E-state index contributed by atoms with van der Waals surface area (Å²) in [7, 11) is 0. The van der Waals surface area contributed by atoms with Crippen molar-refractivity contribution in [3.05, 3.63) is 83.8 Å². The van der Waals surface area contributed by atoms with Crippen LogP contribution in [-0.4, -0.2) is 23.5 Å². The van der Waals surface area contributed by atoms with Crippen molar-refractivity contribution in [1.82, 2.24) is 10.6 Å². The highest BCUT2D eigenvalue weighted by Gasteiger charge is 2.14. The molecule has 7 nitrogen and oxygen atoms in total. The third-order valence-corrected chi connectivity index (χ3v) is 5.20. The molecule has 0 aliphatic rings. The number of ether oxygens (including phenoxy) is 1. The fourth-order valence-corrected chi connectivity index (χ4v) is 3.46. The fraction of sp³-hybridized carbons (Fsp3) is 0.269. The summed E-state index contributed by atoms with van der Waals surface area (Å²) in [6.45, 7) is 3.00. The van der Waals surface area contributed by atoms with E-state index in [0.29, 0.717) is 34.9 Å². The molecule has 3 N–H and O–H groups in total. The summed E-state index contributed by atoms with van der Waals surface area (Å²) in [5, 5.41) is 8.54. The summed E-state index contributed by atoms with van der Waals surface area (Å²) in [5.41, 5.74) is 1.44. The van der Waals surface area contributed by atoms with E-state index >= 15 is 0 Å². The average molecular weight is 480 g/mol. The lowest BCUT2D eigenvalue weighted by molar-refractivity contribution is 0.0945. The molecule has 3 aromatic rings. The van der Waals surface area contributed by atoms with Crippen molar-refractivity contribution >= 4 is 34.8 Å². The summed E-state index contributed by atoms with van der Waals surface area (Å²) in [6, 6.07) is 17.5. The van der Waals surface area contributed by atoms with E-state index in [1.54, 1.807) is 60.9 Å². The Bertz CT molecular complexity index is 1100. The molecule has 3 rings (SSSR count). The minimum absolute atomic E-state index is 0.121. The number of amides is 2. The molecule has 1 aromatic heterocycles. The van der Waals surface area contributed by atoms with E-state index in [0.717, 1.165) is 25.7 Å². The monoisotopic (exact) mass is 479 g/mol. The molecule has 0 spiro atoms. The molecule has 1 heterocycles. The predicted octanol–water partition coefficient (Wildman–Crippen LogP) is 5.30. The maximum Gasteiger partial charge on any atom is 0.261 e. The Kier molecular flexibility index (Phi) is 9.66. The molecule has 34 heavy (non-hydrogen) atoms. The van der Waals surface area contributed by atoms with Crippen molar-refractivity contribution in [2.45, 2.75) is 39.2 Å². The highest BCUT2D eigenvalue weighted by Crippen LogP contribution is 2.19. The number of carbonyl (C=O) groups excluding carboxylic acids is 2. The van der Waals surface area contributed by atoms with E-state index in [9.17, 15) is 9.59 Å². The van der Waals surface area contributed by atoms with Crippen LogP contribution in [0.2, 0.25) is 0 Å². The zero-order valence-corrected chi connectivity index (χ0v) is 20.0. The van der Waals surface area contributed by atoms with Gasteiger partial charge in [0.15, 0.2) is 5.11 Å². The van der Waals surface area contributed by atoms with E-state index in [2.05, 4.69) is 22.9 Å². The number of nitrogens with one attached hydrogen (secondary N) is 3. The van der Waals surface area contributed by atoms with Crippen molar-refractivity contribution in [2.24, 2.45) is 0 Å². The number of unbranched alkanes of at least 4 members (excludes halogenated alkanes) is 3. The molecule has 0 aliphatic carbocycles. The van der Waals surface area contributed by atoms with Gasteiger partial charge in [0.05, 0.1) is 25.0 Å². The zero-order valence-electron chi connectivity index (χ0n) is 19.1. The smallest absolute Gasteiger partial charge is 0.261 e. The second-order valence-electron chi connectivity index (χ2n) is 7.66. The number of para-hydroxylation sites is 1. The van der Waals surface area contributed by atoms with Gasteiger partial charge in [0.2, 0.25) is 0 Å². The van der Waals surface area contributed by atoms with Gasteiger partial charge in [-0.2, -0.15) is 0 Å². The van der Waals surface area contributed by atoms with Gasteiger partial charge in [-0.05, 0) is 61.1 Å². The van der Waals surface area contributed by atoms with Crippen LogP contribution in [0, 0.1) is 0 Å². The van der Waals surface area contributed by atoms with Crippen LogP contribution in [0.4, 0.5) is 5.69 Å². The van der Waals surface area contributed by atoms with E-state index in [4.69, 9.17) is 21.4 Å². The number of anilines is 1. The first-order valence-corrected chi connectivity index (χ1v) is 11.7. The van der Waals surface area contributed by atoms with Gasteiger partial charge in [0, 0.05) is 11.3 Å². The van der Waals surface area contributed by atoms with E-state index in [1.807, 2.05) is 6.07 Å². The molecule has 178 valence electrons. The Hall–Kier alpha value is -3.65. The van der Waals surface area contributed by atoms with Crippen molar-refractivity contribution < 1.29 is 18.7 Å². The van der Waals surface area contributed by atoms with Gasteiger partial charge in [-0.15, -0.1) is 0 Å². The molecule has 0 saturated heterocycles. The molecule has 0 aliphatic heterocycles. The molecule has 0 fully saturated rings. The number of hydrogen-bond acceptors (Lipinski definition) is 5. The maximum absolute atomic E-state index is 12.8. The second-order valence-corrected chi connectivity index (χ2v) is 8.06. The molecular formula is C26H29N3O4S. The van der Waals surface area contributed by atoms with Crippen molar-refractivity contribution in [2.75, 3.05) is 11.9 Å². The van der Waals surface area contributed by atoms with Gasteiger partial charge in [0.25, 0.3) is 11.8 Å². The van der Waals surface area contributed by atoms with Gasteiger partial charge in [0.1, 0.15) is 11.5 Å². The highest BCUT2D eigenvalue weighted by molar-refractivity contribution is 7.80. The summed E-state index contributed by atoms with van der Waals surface area (Å²) in [4.78, 5) is 25.2. The molecule has 2 amide bonds. The average Bonchev–Trinajstić information content (AvgIpc) is 3.36. The molecule has 2 aromatic carbocycles. The van der Waals surface area contributed by atoms with Crippen LogP contribution in [0.3, 0.4) is 0 Å². The van der Waals surface area contributed by atoms with E-state index in [-0.39, 0.29) is 23.5 Å². The third-order valence-electron chi connectivity index (χ3n) is 5.00.